The third-order valence-corrected chi connectivity index (χ3v) is 4.15. The molecular weight excluding hydrogens is 294 g/mol. The predicted octanol–water partition coefficient (Wildman–Crippen LogP) is 3.74. The summed E-state index contributed by atoms with van der Waals surface area (Å²) >= 11 is 0. The second kappa shape index (κ2) is 4.61. The Bertz CT molecular complexity index is 1080. The maximum Gasteiger partial charge on any atom is 0.278 e. The molecule has 2 heterocycles. The Labute approximate surface area is 131 Å². The van der Waals surface area contributed by atoms with Crippen molar-refractivity contribution in [1.29, 1.82) is 0 Å². The lowest BCUT2D eigenvalue weighted by Gasteiger charge is -2.05. The van der Waals surface area contributed by atoms with E-state index in [9.17, 15) is 15.2 Å². The van der Waals surface area contributed by atoms with Crippen molar-refractivity contribution in [2.75, 3.05) is 0 Å². The number of non-ortho nitro benzene ring substituents is 1. The molecule has 0 aliphatic heterocycles. The molecule has 0 bridgehead atoms. The van der Waals surface area contributed by atoms with Crippen LogP contribution in [-0.4, -0.2) is 19.2 Å². The molecule has 0 saturated heterocycles. The summed E-state index contributed by atoms with van der Waals surface area (Å²) in [7, 11) is 1.97. The Hall–Kier alpha value is -3.28. The molecule has 0 radical (unpaired) electrons. The van der Waals surface area contributed by atoms with Gasteiger partial charge in [0.2, 0.25) is 5.88 Å². The Morgan fingerprint density at radius 2 is 1.96 bits per heavy atom. The molecule has 6 nitrogen and oxygen atoms in total. The molecule has 0 spiro atoms. The normalized spacial score (nSPS) is 11.3. The van der Waals surface area contributed by atoms with Crippen LogP contribution < -0.4 is 0 Å². The molecule has 0 aliphatic rings. The topological polar surface area (TPSA) is 73.2 Å². The smallest absolute Gasteiger partial charge is 0.278 e. The van der Waals surface area contributed by atoms with E-state index in [4.69, 9.17) is 0 Å². The molecule has 114 valence electrons. The minimum Gasteiger partial charge on any atom is -0.494 e. The van der Waals surface area contributed by atoms with Gasteiger partial charge in [-0.3, -0.25) is 14.7 Å². The molecule has 4 rings (SSSR count). The molecule has 0 aliphatic carbocycles. The van der Waals surface area contributed by atoms with E-state index in [1.165, 1.54) is 6.07 Å². The molecular formula is C17H13N3O3. The van der Waals surface area contributed by atoms with E-state index in [0.29, 0.717) is 10.8 Å². The van der Waals surface area contributed by atoms with Gasteiger partial charge < -0.3 is 9.67 Å². The van der Waals surface area contributed by atoms with Gasteiger partial charge >= 0.3 is 0 Å². The standard InChI is InChI=1S/C17H13N3O3/c1-18-8-7-11-9-12(5-6-15(11)18)19-10-14-13(17(19)21)3-2-4-16(14)20(22)23/h2-10,21H,1H3. The van der Waals surface area contributed by atoms with Gasteiger partial charge in [0.05, 0.1) is 15.7 Å². The monoisotopic (exact) mass is 307 g/mol. The first-order chi connectivity index (χ1) is 11.1. The molecule has 4 aromatic rings. The van der Waals surface area contributed by atoms with Crippen molar-refractivity contribution in [1.82, 2.24) is 9.13 Å². The molecule has 0 saturated carbocycles. The first-order valence-electron chi connectivity index (χ1n) is 7.09. The lowest BCUT2D eigenvalue weighted by atomic mass is 10.2. The van der Waals surface area contributed by atoms with Gasteiger partial charge in [0.25, 0.3) is 5.69 Å². The predicted molar refractivity (Wildman–Crippen MR) is 88.1 cm³/mol. The van der Waals surface area contributed by atoms with Crippen LogP contribution in [0.3, 0.4) is 0 Å². The summed E-state index contributed by atoms with van der Waals surface area (Å²) in [6, 6.07) is 12.5. The van der Waals surface area contributed by atoms with Gasteiger partial charge in [-0.05, 0) is 30.3 Å². The summed E-state index contributed by atoms with van der Waals surface area (Å²) in [4.78, 5) is 10.7. The third kappa shape index (κ3) is 1.88. The maximum absolute atomic E-state index is 11.2. The number of nitro groups is 1. The van der Waals surface area contributed by atoms with E-state index in [-0.39, 0.29) is 11.6 Å². The number of aromatic nitrogens is 2. The summed E-state index contributed by atoms with van der Waals surface area (Å²) in [5.41, 5.74) is 1.82. The van der Waals surface area contributed by atoms with Crippen molar-refractivity contribution in [2.45, 2.75) is 0 Å². The van der Waals surface area contributed by atoms with E-state index < -0.39 is 4.92 Å². The zero-order valence-corrected chi connectivity index (χ0v) is 12.3. The van der Waals surface area contributed by atoms with Gasteiger partial charge in [0.15, 0.2) is 0 Å². The van der Waals surface area contributed by atoms with Crippen molar-refractivity contribution in [3.05, 3.63) is 65.0 Å². The molecule has 1 N–H and O–H groups in total. The summed E-state index contributed by atoms with van der Waals surface area (Å²) in [5.74, 6) is -0.000943. The van der Waals surface area contributed by atoms with Crippen LogP contribution in [0.4, 0.5) is 5.69 Å². The highest BCUT2D eigenvalue weighted by Gasteiger charge is 2.18. The number of hydrogen-bond donors (Lipinski definition) is 1. The molecule has 0 atom stereocenters. The van der Waals surface area contributed by atoms with Crippen LogP contribution in [-0.2, 0) is 7.05 Å². The number of benzene rings is 2. The van der Waals surface area contributed by atoms with Crippen LogP contribution >= 0.6 is 0 Å². The highest BCUT2D eigenvalue weighted by Crippen LogP contribution is 2.35. The SMILES string of the molecule is Cn1ccc2cc(-n3cc4c([N+](=O)[O-])cccc4c3O)ccc21. The Balaban J connectivity index is 1.98. The Morgan fingerprint density at radius 3 is 2.74 bits per heavy atom. The Kier molecular flexibility index (Phi) is 2.68. The maximum atomic E-state index is 11.2. The molecule has 2 aromatic heterocycles. The number of nitrogens with zero attached hydrogens (tertiary/aromatic N) is 3. The number of aromatic hydroxyl groups is 1. The first-order valence-corrected chi connectivity index (χ1v) is 7.09. The third-order valence-electron chi connectivity index (χ3n) is 4.15. The van der Waals surface area contributed by atoms with Crippen LogP contribution in [0, 0.1) is 10.1 Å². The largest absolute Gasteiger partial charge is 0.494 e. The van der Waals surface area contributed by atoms with E-state index in [0.717, 1.165) is 16.6 Å². The molecule has 0 fully saturated rings. The summed E-state index contributed by atoms with van der Waals surface area (Å²) in [6.45, 7) is 0. The average Bonchev–Trinajstić information content (AvgIpc) is 3.08. The minimum atomic E-state index is -0.438. The summed E-state index contributed by atoms with van der Waals surface area (Å²) < 4.78 is 3.58. The van der Waals surface area contributed by atoms with Crippen LogP contribution in [0.25, 0.3) is 27.4 Å². The number of fused-ring (bicyclic) bond motifs is 2. The zero-order chi connectivity index (χ0) is 16.1. The van der Waals surface area contributed by atoms with Gasteiger partial charge in [0, 0.05) is 42.1 Å². The lowest BCUT2D eigenvalue weighted by Crippen LogP contribution is -1.91. The van der Waals surface area contributed by atoms with Crippen LogP contribution in [0.2, 0.25) is 0 Å². The van der Waals surface area contributed by atoms with Gasteiger partial charge in [-0.25, -0.2) is 0 Å². The van der Waals surface area contributed by atoms with Crippen molar-refractivity contribution in [2.24, 2.45) is 7.05 Å². The minimum absolute atomic E-state index is 0.000943. The van der Waals surface area contributed by atoms with Gasteiger partial charge in [-0.1, -0.05) is 6.07 Å². The van der Waals surface area contributed by atoms with Gasteiger partial charge in [0.1, 0.15) is 0 Å². The summed E-state index contributed by atoms with van der Waals surface area (Å²) in [6.07, 6.45) is 3.57. The molecule has 2 aromatic carbocycles. The molecule has 0 amide bonds. The van der Waals surface area contributed by atoms with Crippen molar-refractivity contribution in [3.63, 3.8) is 0 Å². The number of hydrogen-bond acceptors (Lipinski definition) is 3. The van der Waals surface area contributed by atoms with Gasteiger partial charge in [-0.2, -0.15) is 0 Å². The molecule has 0 unspecified atom stereocenters. The number of rotatable bonds is 2. The molecule has 6 heteroatoms. The van der Waals surface area contributed by atoms with Crippen molar-refractivity contribution in [3.8, 4) is 11.6 Å². The fourth-order valence-corrected chi connectivity index (χ4v) is 2.98. The van der Waals surface area contributed by atoms with E-state index in [1.54, 1.807) is 22.9 Å². The lowest BCUT2D eigenvalue weighted by molar-refractivity contribution is -0.383. The van der Waals surface area contributed by atoms with Crippen molar-refractivity contribution >= 4 is 27.4 Å². The van der Waals surface area contributed by atoms with E-state index in [2.05, 4.69) is 0 Å². The summed E-state index contributed by atoms with van der Waals surface area (Å²) in [5, 5.41) is 23.5. The van der Waals surface area contributed by atoms with E-state index >= 15 is 0 Å². The second-order valence-corrected chi connectivity index (χ2v) is 5.49. The Morgan fingerprint density at radius 1 is 1.13 bits per heavy atom. The van der Waals surface area contributed by atoms with Crippen LogP contribution in [0.5, 0.6) is 5.88 Å². The highest BCUT2D eigenvalue weighted by molar-refractivity contribution is 5.96. The zero-order valence-electron chi connectivity index (χ0n) is 12.3. The molecule has 23 heavy (non-hydrogen) atoms. The number of nitro benzene ring substituents is 1. The van der Waals surface area contributed by atoms with E-state index in [1.807, 2.05) is 42.1 Å². The second-order valence-electron chi connectivity index (χ2n) is 5.49. The highest BCUT2D eigenvalue weighted by atomic mass is 16.6. The number of aryl methyl sites for hydroxylation is 1. The first kappa shape index (κ1) is 13.4. The van der Waals surface area contributed by atoms with Gasteiger partial charge in [-0.15, -0.1) is 0 Å². The van der Waals surface area contributed by atoms with Crippen LogP contribution in [0.1, 0.15) is 0 Å². The average molecular weight is 307 g/mol. The quantitative estimate of drug-likeness (QED) is 0.453. The van der Waals surface area contributed by atoms with Crippen molar-refractivity contribution < 1.29 is 10.0 Å². The van der Waals surface area contributed by atoms with Crippen LogP contribution in [0.15, 0.2) is 54.9 Å². The fourth-order valence-electron chi connectivity index (χ4n) is 2.98. The fraction of sp³-hybridized carbons (Fsp3) is 0.0588.